The van der Waals surface area contributed by atoms with E-state index in [4.69, 9.17) is 0 Å². The Bertz CT molecular complexity index is 484. The van der Waals surface area contributed by atoms with Crippen LogP contribution in [0.25, 0.3) is 0 Å². The van der Waals surface area contributed by atoms with Crippen LogP contribution in [0.15, 0.2) is 18.2 Å². The summed E-state index contributed by atoms with van der Waals surface area (Å²) < 4.78 is 0. The van der Waals surface area contributed by atoms with Crippen LogP contribution in [-0.2, 0) is 0 Å². The highest BCUT2D eigenvalue weighted by Crippen LogP contribution is 2.40. The van der Waals surface area contributed by atoms with Gasteiger partial charge in [-0.2, -0.15) is 0 Å². The van der Waals surface area contributed by atoms with Gasteiger partial charge in [-0.05, 0) is 80.3 Å². The molecule has 1 aromatic carbocycles. The lowest BCUT2D eigenvalue weighted by molar-refractivity contribution is 0.170. The lowest BCUT2D eigenvalue weighted by Gasteiger charge is -2.36. The van der Waals surface area contributed by atoms with Crippen molar-refractivity contribution in [2.45, 2.75) is 51.9 Å². The molecule has 1 saturated heterocycles. The number of hydrogen-bond donors (Lipinski definition) is 0. The SMILES string of the molecule is CC(C)CN1CCC(CN(C)c2cc[c]cc2C2CCC2)CC1. The molecule has 0 spiro atoms. The van der Waals surface area contributed by atoms with E-state index in [2.05, 4.69) is 55.0 Å². The zero-order valence-corrected chi connectivity index (χ0v) is 15.2. The van der Waals surface area contributed by atoms with E-state index in [1.807, 2.05) is 0 Å². The van der Waals surface area contributed by atoms with Gasteiger partial charge in [-0.25, -0.2) is 0 Å². The zero-order chi connectivity index (χ0) is 16.2. The van der Waals surface area contributed by atoms with E-state index >= 15 is 0 Å². The summed E-state index contributed by atoms with van der Waals surface area (Å²) in [6.07, 6.45) is 6.85. The van der Waals surface area contributed by atoms with E-state index in [1.165, 1.54) is 64.0 Å². The first-order chi connectivity index (χ1) is 11.1. The molecule has 0 unspecified atom stereocenters. The Morgan fingerprint density at radius 2 is 1.96 bits per heavy atom. The number of likely N-dealkylation sites (tertiary alicyclic amines) is 1. The second kappa shape index (κ2) is 7.70. The Hall–Kier alpha value is -1.02. The number of piperidine rings is 1. The first-order valence-electron chi connectivity index (χ1n) is 9.57. The molecule has 1 saturated carbocycles. The predicted molar refractivity (Wildman–Crippen MR) is 99.1 cm³/mol. The molecular weight excluding hydrogens is 280 g/mol. The lowest BCUT2D eigenvalue weighted by Crippen LogP contribution is -2.39. The van der Waals surface area contributed by atoms with Gasteiger partial charge in [0.2, 0.25) is 0 Å². The van der Waals surface area contributed by atoms with Crippen LogP contribution in [0.4, 0.5) is 5.69 Å². The van der Waals surface area contributed by atoms with Gasteiger partial charge in [0.1, 0.15) is 0 Å². The fourth-order valence-corrected chi connectivity index (χ4v) is 4.18. The fourth-order valence-electron chi connectivity index (χ4n) is 4.18. The second-order valence-corrected chi connectivity index (χ2v) is 8.13. The van der Waals surface area contributed by atoms with E-state index in [0.717, 1.165) is 17.8 Å². The van der Waals surface area contributed by atoms with Gasteiger partial charge in [0.15, 0.2) is 0 Å². The third-order valence-corrected chi connectivity index (χ3v) is 5.69. The molecule has 2 aliphatic rings. The van der Waals surface area contributed by atoms with Crippen molar-refractivity contribution in [2.75, 3.05) is 38.1 Å². The smallest absolute Gasteiger partial charge is 0.0399 e. The minimum atomic E-state index is 0.790. The number of rotatable bonds is 6. The summed E-state index contributed by atoms with van der Waals surface area (Å²) in [5, 5.41) is 0. The molecule has 0 aromatic heterocycles. The van der Waals surface area contributed by atoms with Crippen molar-refractivity contribution >= 4 is 5.69 Å². The summed E-state index contributed by atoms with van der Waals surface area (Å²) in [6, 6.07) is 9.90. The Kier molecular flexibility index (Phi) is 5.63. The molecule has 2 heteroatoms. The van der Waals surface area contributed by atoms with Crippen LogP contribution < -0.4 is 4.90 Å². The second-order valence-electron chi connectivity index (χ2n) is 8.13. The first kappa shape index (κ1) is 16.8. The van der Waals surface area contributed by atoms with E-state index in [-0.39, 0.29) is 0 Å². The highest BCUT2D eigenvalue weighted by atomic mass is 15.1. The van der Waals surface area contributed by atoms with Crippen molar-refractivity contribution in [3.63, 3.8) is 0 Å². The first-order valence-corrected chi connectivity index (χ1v) is 9.57. The molecular formula is C21H33N2. The summed E-state index contributed by atoms with van der Waals surface area (Å²) >= 11 is 0. The Morgan fingerprint density at radius 1 is 1.22 bits per heavy atom. The zero-order valence-electron chi connectivity index (χ0n) is 15.2. The Labute approximate surface area is 142 Å². The van der Waals surface area contributed by atoms with E-state index < -0.39 is 0 Å². The van der Waals surface area contributed by atoms with Gasteiger partial charge in [0.25, 0.3) is 0 Å². The molecule has 2 nitrogen and oxygen atoms in total. The monoisotopic (exact) mass is 313 g/mol. The van der Waals surface area contributed by atoms with E-state index in [1.54, 1.807) is 5.56 Å². The van der Waals surface area contributed by atoms with Gasteiger partial charge in [-0.15, -0.1) is 0 Å². The summed E-state index contributed by atoms with van der Waals surface area (Å²) in [7, 11) is 2.29. The largest absolute Gasteiger partial charge is 0.374 e. The van der Waals surface area contributed by atoms with Crippen LogP contribution in [0.3, 0.4) is 0 Å². The number of anilines is 1. The normalized spacial score (nSPS) is 20.7. The average Bonchev–Trinajstić information content (AvgIpc) is 2.47. The van der Waals surface area contributed by atoms with Crippen molar-refractivity contribution in [1.82, 2.24) is 4.90 Å². The van der Waals surface area contributed by atoms with Crippen LogP contribution in [0.5, 0.6) is 0 Å². The average molecular weight is 314 g/mol. The highest BCUT2D eigenvalue weighted by Gasteiger charge is 2.25. The predicted octanol–water partition coefficient (Wildman–Crippen LogP) is 4.56. The minimum absolute atomic E-state index is 0.790. The third-order valence-electron chi connectivity index (χ3n) is 5.69. The minimum Gasteiger partial charge on any atom is -0.374 e. The van der Waals surface area contributed by atoms with Crippen molar-refractivity contribution in [3.8, 4) is 0 Å². The van der Waals surface area contributed by atoms with Gasteiger partial charge in [-0.3, -0.25) is 0 Å². The maximum absolute atomic E-state index is 3.30. The standard InChI is InChI=1S/C21H33N2/c1-17(2)15-23-13-11-18(12-14-23)16-22(3)21-10-5-4-9-20(21)19-7-6-8-19/h5,9-10,17-19H,6-8,11-16H2,1-3H3. The van der Waals surface area contributed by atoms with Gasteiger partial charge in [0, 0.05) is 25.8 Å². The van der Waals surface area contributed by atoms with Crippen LogP contribution in [0, 0.1) is 17.9 Å². The Morgan fingerprint density at radius 3 is 2.57 bits per heavy atom. The molecule has 0 N–H and O–H groups in total. The molecule has 1 aromatic rings. The van der Waals surface area contributed by atoms with Crippen molar-refractivity contribution in [1.29, 1.82) is 0 Å². The van der Waals surface area contributed by atoms with Gasteiger partial charge < -0.3 is 9.80 Å². The fraction of sp³-hybridized carbons (Fsp3) is 0.714. The number of hydrogen-bond acceptors (Lipinski definition) is 2. The molecule has 1 aliphatic heterocycles. The quantitative estimate of drug-likeness (QED) is 0.759. The maximum atomic E-state index is 3.30. The van der Waals surface area contributed by atoms with E-state index in [9.17, 15) is 0 Å². The topological polar surface area (TPSA) is 6.48 Å². The molecule has 0 atom stereocenters. The van der Waals surface area contributed by atoms with Gasteiger partial charge in [0.05, 0.1) is 0 Å². The summed E-state index contributed by atoms with van der Waals surface area (Å²) in [5.74, 6) is 2.43. The van der Waals surface area contributed by atoms with Crippen molar-refractivity contribution < 1.29 is 0 Å². The van der Waals surface area contributed by atoms with Crippen molar-refractivity contribution in [2.24, 2.45) is 11.8 Å². The van der Waals surface area contributed by atoms with Crippen LogP contribution in [0.2, 0.25) is 0 Å². The molecule has 127 valence electrons. The molecule has 1 radical (unpaired) electrons. The molecule has 1 aliphatic carbocycles. The summed E-state index contributed by atoms with van der Waals surface area (Å²) in [4.78, 5) is 5.17. The third kappa shape index (κ3) is 4.29. The molecule has 2 fully saturated rings. The number of nitrogens with zero attached hydrogens (tertiary/aromatic N) is 2. The molecule has 0 amide bonds. The van der Waals surface area contributed by atoms with E-state index in [0.29, 0.717) is 0 Å². The molecule has 3 rings (SSSR count). The van der Waals surface area contributed by atoms with Crippen LogP contribution >= 0.6 is 0 Å². The van der Waals surface area contributed by atoms with Crippen molar-refractivity contribution in [3.05, 3.63) is 29.8 Å². The number of benzene rings is 1. The molecule has 0 bridgehead atoms. The highest BCUT2D eigenvalue weighted by molar-refractivity contribution is 5.55. The maximum Gasteiger partial charge on any atom is 0.0399 e. The van der Waals surface area contributed by atoms with Crippen LogP contribution in [0.1, 0.15) is 57.4 Å². The summed E-state index contributed by atoms with van der Waals surface area (Å²) in [6.45, 7) is 9.70. The molecule has 1 heterocycles. The van der Waals surface area contributed by atoms with Gasteiger partial charge >= 0.3 is 0 Å². The van der Waals surface area contributed by atoms with Gasteiger partial charge in [-0.1, -0.05) is 26.3 Å². The van der Waals surface area contributed by atoms with Crippen LogP contribution in [-0.4, -0.2) is 38.1 Å². The summed E-state index contributed by atoms with van der Waals surface area (Å²) in [5.41, 5.74) is 3.00. The Balaban J connectivity index is 1.55. The lowest BCUT2D eigenvalue weighted by atomic mass is 9.79. The molecule has 23 heavy (non-hydrogen) atoms.